The number of hydrogen-bond acceptors (Lipinski definition) is 5. The minimum atomic E-state index is -0.546. The predicted octanol–water partition coefficient (Wildman–Crippen LogP) is 3.30. The summed E-state index contributed by atoms with van der Waals surface area (Å²) in [5.41, 5.74) is 0.748. The third kappa shape index (κ3) is 4.54. The van der Waals surface area contributed by atoms with E-state index in [0.29, 0.717) is 17.2 Å². The van der Waals surface area contributed by atoms with Crippen molar-refractivity contribution in [2.24, 2.45) is 0 Å². The van der Waals surface area contributed by atoms with Gasteiger partial charge >= 0.3 is 5.97 Å². The minimum Gasteiger partial charge on any atom is -0.462 e. The third-order valence-corrected chi connectivity index (χ3v) is 4.38. The van der Waals surface area contributed by atoms with Crippen LogP contribution in [0.4, 0.5) is 5.00 Å². The average Bonchev–Trinajstić information content (AvgIpc) is 2.64. The normalized spacial score (nSPS) is 11.3. The SMILES string of the molecule is CCOC(=O)c1c(NC(=O)CC(C)(C)OC)sc(C)c1C. The van der Waals surface area contributed by atoms with E-state index < -0.39 is 11.6 Å². The highest BCUT2D eigenvalue weighted by atomic mass is 32.1. The first-order chi connectivity index (χ1) is 9.71. The number of aryl methyl sites for hydroxylation is 1. The Morgan fingerprint density at radius 2 is 1.90 bits per heavy atom. The molecule has 0 spiro atoms. The van der Waals surface area contributed by atoms with E-state index in [0.717, 1.165) is 10.4 Å². The lowest BCUT2D eigenvalue weighted by Crippen LogP contribution is -2.29. The molecule has 0 aromatic carbocycles. The molecule has 1 N–H and O–H groups in total. The van der Waals surface area contributed by atoms with Crippen LogP contribution in [0.5, 0.6) is 0 Å². The maximum Gasteiger partial charge on any atom is 0.341 e. The lowest BCUT2D eigenvalue weighted by atomic mass is 10.0. The highest BCUT2D eigenvalue weighted by Crippen LogP contribution is 2.33. The molecule has 0 aliphatic heterocycles. The number of amides is 1. The molecule has 0 aliphatic rings. The summed E-state index contributed by atoms with van der Waals surface area (Å²) >= 11 is 1.38. The standard InChI is InChI=1S/C15H23NO4S/c1-7-20-14(18)12-9(2)10(3)21-13(12)16-11(17)8-15(4,5)19-6/h7-8H2,1-6H3,(H,16,17). The Morgan fingerprint density at radius 3 is 2.43 bits per heavy atom. The van der Waals surface area contributed by atoms with Gasteiger partial charge in [0, 0.05) is 12.0 Å². The molecule has 1 heterocycles. The Labute approximate surface area is 129 Å². The van der Waals surface area contributed by atoms with Crippen LogP contribution in [0.2, 0.25) is 0 Å². The molecule has 0 aliphatic carbocycles. The fourth-order valence-corrected chi connectivity index (χ4v) is 2.86. The first kappa shape index (κ1) is 17.7. The van der Waals surface area contributed by atoms with E-state index in [1.165, 1.54) is 11.3 Å². The second-order valence-corrected chi connectivity index (χ2v) is 6.62. The number of rotatable bonds is 6. The van der Waals surface area contributed by atoms with Crippen LogP contribution in [0, 0.1) is 13.8 Å². The maximum atomic E-state index is 12.1. The van der Waals surface area contributed by atoms with E-state index in [-0.39, 0.29) is 12.3 Å². The Bertz CT molecular complexity index is 534. The van der Waals surface area contributed by atoms with Gasteiger partial charge in [0.25, 0.3) is 0 Å². The molecular weight excluding hydrogens is 290 g/mol. The summed E-state index contributed by atoms with van der Waals surface area (Å²) in [5.74, 6) is -0.589. The van der Waals surface area contributed by atoms with Crippen molar-refractivity contribution in [1.29, 1.82) is 0 Å². The topological polar surface area (TPSA) is 64.6 Å². The largest absolute Gasteiger partial charge is 0.462 e. The van der Waals surface area contributed by atoms with Crippen molar-refractivity contribution in [1.82, 2.24) is 0 Å². The van der Waals surface area contributed by atoms with E-state index in [9.17, 15) is 9.59 Å². The number of ether oxygens (including phenoxy) is 2. The third-order valence-electron chi connectivity index (χ3n) is 3.26. The summed E-state index contributed by atoms with van der Waals surface area (Å²) < 4.78 is 10.3. The van der Waals surface area contributed by atoms with Gasteiger partial charge in [-0.1, -0.05) is 0 Å². The molecule has 0 bridgehead atoms. The molecule has 0 radical (unpaired) electrons. The van der Waals surface area contributed by atoms with E-state index in [4.69, 9.17) is 9.47 Å². The Balaban J connectivity index is 2.96. The summed E-state index contributed by atoms with van der Waals surface area (Å²) in [6, 6.07) is 0. The van der Waals surface area contributed by atoms with Crippen LogP contribution < -0.4 is 5.32 Å². The predicted molar refractivity (Wildman–Crippen MR) is 84.1 cm³/mol. The fraction of sp³-hybridized carbons (Fsp3) is 0.600. The lowest BCUT2D eigenvalue weighted by molar-refractivity contribution is -0.121. The van der Waals surface area contributed by atoms with Crippen LogP contribution in [0.1, 0.15) is 48.0 Å². The van der Waals surface area contributed by atoms with Gasteiger partial charge in [0.1, 0.15) is 5.00 Å². The Kier molecular flexibility index (Phi) is 5.92. The number of methoxy groups -OCH3 is 1. The average molecular weight is 313 g/mol. The number of esters is 1. The van der Waals surface area contributed by atoms with Crippen LogP contribution in [0.25, 0.3) is 0 Å². The molecule has 0 saturated carbocycles. The monoisotopic (exact) mass is 313 g/mol. The van der Waals surface area contributed by atoms with Crippen molar-refractivity contribution in [3.63, 3.8) is 0 Å². The quantitative estimate of drug-likeness (QED) is 0.818. The van der Waals surface area contributed by atoms with Crippen LogP contribution in [-0.4, -0.2) is 31.2 Å². The molecule has 0 saturated heterocycles. The van der Waals surface area contributed by atoms with Crippen LogP contribution in [0.3, 0.4) is 0 Å². The van der Waals surface area contributed by atoms with Crippen molar-refractivity contribution >= 4 is 28.2 Å². The number of carbonyl (C=O) groups excluding carboxylic acids is 2. The van der Waals surface area contributed by atoms with Gasteiger partial charge in [-0.2, -0.15) is 0 Å². The number of carbonyl (C=O) groups is 2. The first-order valence-corrected chi connectivity index (χ1v) is 7.65. The van der Waals surface area contributed by atoms with Crippen molar-refractivity contribution in [2.75, 3.05) is 19.0 Å². The molecule has 0 fully saturated rings. The molecule has 118 valence electrons. The molecule has 5 nitrogen and oxygen atoms in total. The van der Waals surface area contributed by atoms with Crippen molar-refractivity contribution in [3.05, 3.63) is 16.0 Å². The second-order valence-electron chi connectivity index (χ2n) is 5.40. The van der Waals surface area contributed by atoms with Gasteiger partial charge < -0.3 is 14.8 Å². The molecule has 1 aromatic heterocycles. The summed E-state index contributed by atoms with van der Waals surface area (Å²) in [6.45, 7) is 9.50. The maximum absolute atomic E-state index is 12.1. The zero-order valence-corrected chi connectivity index (χ0v) is 14.3. The van der Waals surface area contributed by atoms with Crippen molar-refractivity contribution in [3.8, 4) is 0 Å². The number of hydrogen-bond donors (Lipinski definition) is 1. The van der Waals surface area contributed by atoms with Gasteiger partial charge in [0.05, 0.1) is 24.2 Å². The molecule has 6 heteroatoms. The van der Waals surface area contributed by atoms with E-state index in [2.05, 4.69) is 5.32 Å². The Hall–Kier alpha value is -1.40. The summed E-state index contributed by atoms with van der Waals surface area (Å²) in [6.07, 6.45) is 0.210. The second kappa shape index (κ2) is 7.04. The zero-order chi connectivity index (χ0) is 16.2. The lowest BCUT2D eigenvalue weighted by Gasteiger charge is -2.21. The highest BCUT2D eigenvalue weighted by molar-refractivity contribution is 7.16. The van der Waals surface area contributed by atoms with Gasteiger partial charge in [0.2, 0.25) is 5.91 Å². The zero-order valence-electron chi connectivity index (χ0n) is 13.5. The summed E-state index contributed by atoms with van der Waals surface area (Å²) in [7, 11) is 1.57. The smallest absolute Gasteiger partial charge is 0.341 e. The first-order valence-electron chi connectivity index (χ1n) is 6.84. The molecule has 1 aromatic rings. The van der Waals surface area contributed by atoms with Gasteiger partial charge in [-0.05, 0) is 40.2 Å². The van der Waals surface area contributed by atoms with E-state index in [1.807, 2.05) is 27.7 Å². The minimum absolute atomic E-state index is 0.186. The summed E-state index contributed by atoms with van der Waals surface area (Å²) in [5, 5.41) is 3.34. The number of nitrogens with one attached hydrogen (secondary N) is 1. The van der Waals surface area contributed by atoms with Gasteiger partial charge in [-0.15, -0.1) is 11.3 Å². The van der Waals surface area contributed by atoms with Crippen molar-refractivity contribution in [2.45, 2.75) is 46.6 Å². The van der Waals surface area contributed by atoms with E-state index in [1.54, 1.807) is 14.0 Å². The van der Waals surface area contributed by atoms with Gasteiger partial charge in [-0.3, -0.25) is 4.79 Å². The van der Waals surface area contributed by atoms with Gasteiger partial charge in [-0.25, -0.2) is 4.79 Å². The number of thiophene rings is 1. The molecule has 0 unspecified atom stereocenters. The van der Waals surface area contributed by atoms with Gasteiger partial charge in [0.15, 0.2) is 0 Å². The fourth-order valence-electron chi connectivity index (χ4n) is 1.79. The van der Waals surface area contributed by atoms with Crippen molar-refractivity contribution < 1.29 is 19.1 Å². The van der Waals surface area contributed by atoms with E-state index >= 15 is 0 Å². The van der Waals surface area contributed by atoms with Crippen LogP contribution in [-0.2, 0) is 14.3 Å². The van der Waals surface area contributed by atoms with Crippen LogP contribution in [0.15, 0.2) is 0 Å². The Morgan fingerprint density at radius 1 is 1.29 bits per heavy atom. The number of anilines is 1. The molecule has 1 amide bonds. The molecule has 0 atom stereocenters. The molecule has 21 heavy (non-hydrogen) atoms. The molecular formula is C15H23NO4S. The molecule has 1 rings (SSSR count). The van der Waals surface area contributed by atoms with Crippen LogP contribution >= 0.6 is 11.3 Å². The summed E-state index contributed by atoms with van der Waals surface area (Å²) in [4.78, 5) is 25.1. The highest BCUT2D eigenvalue weighted by Gasteiger charge is 2.25.